The summed E-state index contributed by atoms with van der Waals surface area (Å²) < 4.78 is 5.59. The Morgan fingerprint density at radius 3 is 2.14 bits per heavy atom. The smallest absolute Gasteiger partial charge is 0.407 e. The van der Waals surface area contributed by atoms with E-state index in [-0.39, 0.29) is 23.8 Å². The van der Waals surface area contributed by atoms with Crippen molar-refractivity contribution in [3.63, 3.8) is 0 Å². The SMILES string of the molecule is CCCC[C@H](NC(=O)OCC1c2ccccc2-c2ccccc21)C(=O)Nc1ccccc1C(=O)O. The first kappa shape index (κ1) is 24.0. The van der Waals surface area contributed by atoms with Crippen molar-refractivity contribution in [1.29, 1.82) is 0 Å². The number of carbonyl (C=O) groups excluding carboxylic acids is 2. The number of rotatable bonds is 9. The Balaban J connectivity index is 1.43. The summed E-state index contributed by atoms with van der Waals surface area (Å²) >= 11 is 0. The first-order valence-electron chi connectivity index (χ1n) is 11.7. The lowest BCUT2D eigenvalue weighted by Gasteiger charge is -2.20. The quantitative estimate of drug-likeness (QED) is 0.386. The van der Waals surface area contributed by atoms with E-state index in [2.05, 4.69) is 22.8 Å². The molecule has 1 aliphatic rings. The van der Waals surface area contributed by atoms with E-state index in [0.717, 1.165) is 28.7 Å². The van der Waals surface area contributed by atoms with Gasteiger partial charge in [-0.25, -0.2) is 9.59 Å². The van der Waals surface area contributed by atoms with Gasteiger partial charge in [0, 0.05) is 5.92 Å². The molecule has 2 amide bonds. The molecule has 0 unspecified atom stereocenters. The summed E-state index contributed by atoms with van der Waals surface area (Å²) in [6.45, 7) is 2.13. The number of nitrogens with one attached hydrogen (secondary N) is 2. The van der Waals surface area contributed by atoms with Gasteiger partial charge >= 0.3 is 12.1 Å². The van der Waals surface area contributed by atoms with Crippen LogP contribution in [0.1, 0.15) is 53.6 Å². The Hall–Kier alpha value is -4.13. The van der Waals surface area contributed by atoms with Crippen molar-refractivity contribution in [2.24, 2.45) is 0 Å². The van der Waals surface area contributed by atoms with Crippen LogP contribution in [0.2, 0.25) is 0 Å². The molecule has 180 valence electrons. The molecule has 0 heterocycles. The van der Waals surface area contributed by atoms with Gasteiger partial charge in [-0.05, 0) is 40.8 Å². The summed E-state index contributed by atoms with van der Waals surface area (Å²) in [6, 6.07) is 21.4. The van der Waals surface area contributed by atoms with Crippen molar-refractivity contribution in [3.8, 4) is 11.1 Å². The molecule has 1 atom stereocenters. The van der Waals surface area contributed by atoms with Gasteiger partial charge in [0.05, 0.1) is 11.3 Å². The Labute approximate surface area is 204 Å². The highest BCUT2D eigenvalue weighted by atomic mass is 16.5. The largest absolute Gasteiger partial charge is 0.478 e. The van der Waals surface area contributed by atoms with E-state index >= 15 is 0 Å². The van der Waals surface area contributed by atoms with Gasteiger partial charge in [0.15, 0.2) is 0 Å². The predicted molar refractivity (Wildman–Crippen MR) is 134 cm³/mol. The van der Waals surface area contributed by atoms with Crippen LogP contribution in [-0.4, -0.2) is 35.7 Å². The number of aromatic carboxylic acids is 1. The van der Waals surface area contributed by atoms with Crippen LogP contribution in [0.4, 0.5) is 10.5 Å². The maximum atomic E-state index is 12.9. The maximum absolute atomic E-state index is 12.9. The minimum atomic E-state index is -1.14. The molecule has 3 N–H and O–H groups in total. The molecule has 7 heteroatoms. The molecule has 0 spiro atoms. The van der Waals surface area contributed by atoms with Gasteiger partial charge in [-0.15, -0.1) is 0 Å². The Kier molecular flexibility index (Phi) is 7.45. The Bertz CT molecular complexity index is 1190. The number of amides is 2. The fraction of sp³-hybridized carbons (Fsp3) is 0.250. The van der Waals surface area contributed by atoms with Crippen LogP contribution in [0, 0.1) is 0 Å². The summed E-state index contributed by atoms with van der Waals surface area (Å²) in [5.74, 6) is -1.71. The minimum absolute atomic E-state index is 0.0174. The van der Waals surface area contributed by atoms with Gasteiger partial charge in [0.1, 0.15) is 12.6 Å². The fourth-order valence-electron chi connectivity index (χ4n) is 4.46. The number of ether oxygens (including phenoxy) is 1. The average molecular weight is 473 g/mol. The monoisotopic (exact) mass is 472 g/mol. The van der Waals surface area contributed by atoms with E-state index in [4.69, 9.17) is 4.74 Å². The molecule has 0 aliphatic heterocycles. The Morgan fingerprint density at radius 1 is 0.914 bits per heavy atom. The van der Waals surface area contributed by atoms with Crippen LogP contribution in [0.15, 0.2) is 72.8 Å². The highest BCUT2D eigenvalue weighted by Gasteiger charge is 2.30. The number of hydrogen-bond acceptors (Lipinski definition) is 4. The molecule has 0 aromatic heterocycles. The van der Waals surface area contributed by atoms with Gasteiger partial charge in [0.2, 0.25) is 5.91 Å². The van der Waals surface area contributed by atoms with E-state index in [1.54, 1.807) is 12.1 Å². The third kappa shape index (κ3) is 5.35. The van der Waals surface area contributed by atoms with E-state index in [0.29, 0.717) is 12.8 Å². The lowest BCUT2D eigenvalue weighted by Crippen LogP contribution is -2.44. The zero-order chi connectivity index (χ0) is 24.8. The molecule has 0 radical (unpaired) electrons. The summed E-state index contributed by atoms with van der Waals surface area (Å²) in [7, 11) is 0. The molecule has 1 aliphatic carbocycles. The van der Waals surface area contributed by atoms with Crippen LogP contribution in [0.5, 0.6) is 0 Å². The van der Waals surface area contributed by atoms with Crippen molar-refractivity contribution in [2.75, 3.05) is 11.9 Å². The summed E-state index contributed by atoms with van der Waals surface area (Å²) in [5.41, 5.74) is 4.64. The highest BCUT2D eigenvalue weighted by molar-refractivity contribution is 6.02. The number of alkyl carbamates (subject to hydrolysis) is 1. The second-order valence-electron chi connectivity index (χ2n) is 8.50. The molecular formula is C28H28N2O5. The van der Waals surface area contributed by atoms with E-state index in [9.17, 15) is 19.5 Å². The molecular weight excluding hydrogens is 444 g/mol. The molecule has 3 aromatic carbocycles. The van der Waals surface area contributed by atoms with Crippen molar-refractivity contribution >= 4 is 23.7 Å². The standard InChI is InChI=1S/C28H28N2O5/c1-2-3-15-25(26(31)29-24-16-9-8-14-22(24)27(32)33)30-28(34)35-17-23-20-12-6-4-10-18(20)19-11-5-7-13-21(19)23/h4-14,16,23,25H,2-3,15,17H2,1H3,(H,29,31)(H,30,34)(H,32,33)/t25-/m0/s1. The summed E-state index contributed by atoms with van der Waals surface area (Å²) in [6.07, 6.45) is 1.26. The molecule has 35 heavy (non-hydrogen) atoms. The predicted octanol–water partition coefficient (Wildman–Crippen LogP) is 5.42. The second-order valence-corrected chi connectivity index (χ2v) is 8.50. The number of carbonyl (C=O) groups is 3. The normalized spacial score (nSPS) is 12.8. The molecule has 0 saturated carbocycles. The number of carboxylic acid groups (broad SMARTS) is 1. The Morgan fingerprint density at radius 2 is 1.51 bits per heavy atom. The van der Waals surface area contributed by atoms with Gasteiger partial charge in [-0.2, -0.15) is 0 Å². The van der Waals surface area contributed by atoms with Crippen LogP contribution >= 0.6 is 0 Å². The summed E-state index contributed by atoms with van der Waals surface area (Å²) in [5, 5.41) is 14.7. The average Bonchev–Trinajstić information content (AvgIpc) is 3.19. The van der Waals surface area contributed by atoms with Crippen LogP contribution < -0.4 is 10.6 Å². The molecule has 7 nitrogen and oxygen atoms in total. The third-order valence-electron chi connectivity index (χ3n) is 6.21. The number of carboxylic acids is 1. The number of fused-ring (bicyclic) bond motifs is 3. The highest BCUT2D eigenvalue weighted by Crippen LogP contribution is 2.44. The molecule has 0 saturated heterocycles. The van der Waals surface area contributed by atoms with E-state index < -0.39 is 24.0 Å². The summed E-state index contributed by atoms with van der Waals surface area (Å²) in [4.78, 5) is 37.1. The number of anilines is 1. The van der Waals surface area contributed by atoms with Crippen LogP contribution in [0.3, 0.4) is 0 Å². The number of hydrogen-bond donors (Lipinski definition) is 3. The first-order valence-corrected chi connectivity index (χ1v) is 11.7. The fourth-order valence-corrected chi connectivity index (χ4v) is 4.46. The van der Waals surface area contributed by atoms with E-state index in [1.807, 2.05) is 43.3 Å². The van der Waals surface area contributed by atoms with Crippen molar-refractivity contribution in [1.82, 2.24) is 5.32 Å². The lowest BCUT2D eigenvalue weighted by atomic mass is 9.98. The molecule has 0 bridgehead atoms. The van der Waals surface area contributed by atoms with Crippen molar-refractivity contribution < 1.29 is 24.2 Å². The minimum Gasteiger partial charge on any atom is -0.478 e. The number of unbranched alkanes of at least 4 members (excludes halogenated alkanes) is 1. The van der Waals surface area contributed by atoms with Gasteiger partial charge in [-0.1, -0.05) is 80.4 Å². The lowest BCUT2D eigenvalue weighted by molar-refractivity contribution is -0.118. The number of benzene rings is 3. The first-order chi connectivity index (χ1) is 17.0. The third-order valence-corrected chi connectivity index (χ3v) is 6.21. The molecule has 4 rings (SSSR count). The van der Waals surface area contributed by atoms with Crippen LogP contribution in [-0.2, 0) is 9.53 Å². The second kappa shape index (κ2) is 10.9. The van der Waals surface area contributed by atoms with Crippen molar-refractivity contribution in [3.05, 3.63) is 89.5 Å². The molecule has 3 aromatic rings. The van der Waals surface area contributed by atoms with Gasteiger partial charge in [0.25, 0.3) is 0 Å². The zero-order valence-corrected chi connectivity index (χ0v) is 19.5. The van der Waals surface area contributed by atoms with Crippen LogP contribution in [0.25, 0.3) is 11.1 Å². The van der Waals surface area contributed by atoms with Gasteiger partial charge < -0.3 is 20.5 Å². The topological polar surface area (TPSA) is 105 Å². The van der Waals surface area contributed by atoms with Gasteiger partial charge in [-0.3, -0.25) is 4.79 Å². The maximum Gasteiger partial charge on any atom is 0.407 e. The van der Waals surface area contributed by atoms with Crippen molar-refractivity contribution in [2.45, 2.75) is 38.1 Å². The van der Waals surface area contributed by atoms with E-state index in [1.165, 1.54) is 12.1 Å². The number of para-hydroxylation sites is 1. The zero-order valence-electron chi connectivity index (χ0n) is 19.5. The molecule has 0 fully saturated rings.